The van der Waals surface area contributed by atoms with Crippen molar-refractivity contribution in [1.29, 1.82) is 0 Å². The topological polar surface area (TPSA) is 37.3 Å². The summed E-state index contributed by atoms with van der Waals surface area (Å²) >= 11 is 6.41. The van der Waals surface area contributed by atoms with Crippen LogP contribution in [0.25, 0.3) is 0 Å². The highest BCUT2D eigenvalue weighted by atomic mass is 35.5. The Balaban J connectivity index is 2.13. The lowest BCUT2D eigenvalue weighted by Gasteiger charge is -2.12. The van der Waals surface area contributed by atoms with Gasteiger partial charge in [-0.3, -0.25) is 4.98 Å². The Morgan fingerprint density at radius 2 is 2.14 bits per heavy atom. The van der Waals surface area contributed by atoms with E-state index < -0.39 is 0 Å². The summed E-state index contributed by atoms with van der Waals surface area (Å²) in [5.74, 6) is 0.797. The Morgan fingerprint density at radius 3 is 2.71 bits per heavy atom. The number of pyridine rings is 1. The molecule has 21 heavy (non-hydrogen) atoms. The standard InChI is InChI=1S/C17H20ClN3/c1-5-14-16(18)15(11(2)3)17(21-14)20-12(4)9-13-7-6-8-19-10-13/h6-8,10H,4-5,9H2,1-3H3,(H,20,21). The number of nitrogens with one attached hydrogen (secondary N) is 1. The van der Waals surface area contributed by atoms with Gasteiger partial charge in [0, 0.05) is 30.1 Å². The fourth-order valence-electron chi connectivity index (χ4n) is 2.23. The van der Waals surface area contributed by atoms with Gasteiger partial charge in [0.25, 0.3) is 0 Å². The van der Waals surface area contributed by atoms with Crippen LogP contribution in [0.1, 0.15) is 32.8 Å². The molecular weight excluding hydrogens is 282 g/mol. The van der Waals surface area contributed by atoms with E-state index in [-0.39, 0.29) is 0 Å². The molecule has 1 aliphatic rings. The molecule has 0 saturated carbocycles. The van der Waals surface area contributed by atoms with Crippen molar-refractivity contribution in [2.75, 3.05) is 0 Å². The zero-order valence-electron chi connectivity index (χ0n) is 12.7. The van der Waals surface area contributed by atoms with E-state index in [1.54, 1.807) is 6.20 Å². The smallest absolute Gasteiger partial charge is 0.139 e. The van der Waals surface area contributed by atoms with Gasteiger partial charge in [-0.1, -0.05) is 36.7 Å². The van der Waals surface area contributed by atoms with E-state index in [1.165, 1.54) is 0 Å². The molecule has 2 heterocycles. The molecule has 1 aliphatic heterocycles. The molecule has 0 saturated heterocycles. The Kier molecular flexibility index (Phi) is 4.97. The van der Waals surface area contributed by atoms with Gasteiger partial charge >= 0.3 is 0 Å². The van der Waals surface area contributed by atoms with Crippen molar-refractivity contribution in [3.05, 3.63) is 64.2 Å². The summed E-state index contributed by atoms with van der Waals surface area (Å²) in [4.78, 5) is 8.70. The second-order valence-electron chi connectivity index (χ2n) is 5.22. The molecule has 0 amide bonds. The molecule has 1 N–H and O–H groups in total. The van der Waals surface area contributed by atoms with Crippen LogP contribution in [0.4, 0.5) is 0 Å². The maximum atomic E-state index is 6.41. The zero-order valence-corrected chi connectivity index (χ0v) is 13.5. The minimum Gasteiger partial charge on any atom is -0.343 e. The van der Waals surface area contributed by atoms with Gasteiger partial charge in [-0.25, -0.2) is 4.99 Å². The maximum absolute atomic E-state index is 6.41. The van der Waals surface area contributed by atoms with E-state index in [1.807, 2.05) is 32.2 Å². The van der Waals surface area contributed by atoms with E-state index >= 15 is 0 Å². The molecule has 3 nitrogen and oxygen atoms in total. The van der Waals surface area contributed by atoms with Crippen LogP contribution in [0, 0.1) is 0 Å². The Morgan fingerprint density at radius 1 is 1.38 bits per heavy atom. The van der Waals surface area contributed by atoms with Crippen LogP contribution in [0.15, 0.2) is 63.7 Å². The summed E-state index contributed by atoms with van der Waals surface area (Å²) in [7, 11) is 0. The zero-order chi connectivity index (χ0) is 15.4. The van der Waals surface area contributed by atoms with Gasteiger partial charge in [-0.15, -0.1) is 0 Å². The normalized spacial score (nSPS) is 14.3. The van der Waals surface area contributed by atoms with Crippen molar-refractivity contribution in [2.45, 2.75) is 33.6 Å². The molecule has 1 aromatic heterocycles. The number of hydrogen-bond acceptors (Lipinski definition) is 3. The quantitative estimate of drug-likeness (QED) is 0.898. The maximum Gasteiger partial charge on any atom is 0.139 e. The highest BCUT2D eigenvalue weighted by molar-refractivity contribution is 6.37. The van der Waals surface area contributed by atoms with Gasteiger partial charge < -0.3 is 5.32 Å². The number of nitrogens with zero attached hydrogens (tertiary/aromatic N) is 2. The van der Waals surface area contributed by atoms with Crippen LogP contribution in [0.3, 0.4) is 0 Å². The summed E-state index contributed by atoms with van der Waals surface area (Å²) in [5.41, 5.74) is 5.04. The highest BCUT2D eigenvalue weighted by Gasteiger charge is 2.23. The van der Waals surface area contributed by atoms with Gasteiger partial charge in [-0.05, 0) is 31.9 Å². The largest absolute Gasteiger partial charge is 0.343 e. The molecule has 110 valence electrons. The Bertz CT molecular complexity index is 635. The van der Waals surface area contributed by atoms with Gasteiger partial charge in [-0.2, -0.15) is 0 Å². The van der Waals surface area contributed by atoms with E-state index in [0.717, 1.165) is 45.4 Å². The fraction of sp³-hybridized carbons (Fsp3) is 0.294. The lowest BCUT2D eigenvalue weighted by atomic mass is 10.1. The molecule has 0 bridgehead atoms. The summed E-state index contributed by atoms with van der Waals surface area (Å²) in [6.07, 6.45) is 5.13. The molecule has 1 aromatic rings. The van der Waals surface area contributed by atoms with Crippen molar-refractivity contribution >= 4 is 17.4 Å². The highest BCUT2D eigenvalue weighted by Crippen LogP contribution is 2.32. The average molecular weight is 302 g/mol. The third-order valence-electron chi connectivity index (χ3n) is 3.23. The molecule has 2 rings (SSSR count). The SMILES string of the molecule is C=C(Cc1cccnc1)NC1=NC(CC)=C(Cl)C1=C(C)C. The second-order valence-corrected chi connectivity index (χ2v) is 5.59. The molecule has 0 aliphatic carbocycles. The van der Waals surface area contributed by atoms with Crippen LogP contribution < -0.4 is 5.32 Å². The number of halogens is 1. The number of amidine groups is 1. The second kappa shape index (κ2) is 6.72. The van der Waals surface area contributed by atoms with Gasteiger partial charge in [0.05, 0.1) is 10.7 Å². The first-order valence-corrected chi connectivity index (χ1v) is 7.40. The molecule has 0 spiro atoms. The van der Waals surface area contributed by atoms with Crippen molar-refractivity contribution in [2.24, 2.45) is 4.99 Å². The number of hydrogen-bond donors (Lipinski definition) is 1. The third kappa shape index (κ3) is 3.61. The van der Waals surface area contributed by atoms with Gasteiger partial charge in [0.15, 0.2) is 0 Å². The first-order valence-electron chi connectivity index (χ1n) is 7.02. The third-order valence-corrected chi connectivity index (χ3v) is 3.63. The van der Waals surface area contributed by atoms with Crippen molar-refractivity contribution in [3.8, 4) is 0 Å². The Labute approximate surface area is 131 Å². The summed E-state index contributed by atoms with van der Waals surface area (Å²) < 4.78 is 0. The predicted octanol–water partition coefficient (Wildman–Crippen LogP) is 4.34. The molecule has 0 radical (unpaired) electrons. The van der Waals surface area contributed by atoms with Crippen molar-refractivity contribution in [1.82, 2.24) is 10.3 Å². The van der Waals surface area contributed by atoms with Crippen LogP contribution in [-0.4, -0.2) is 10.8 Å². The van der Waals surface area contributed by atoms with Crippen molar-refractivity contribution < 1.29 is 0 Å². The van der Waals surface area contributed by atoms with Gasteiger partial charge in [0.1, 0.15) is 5.84 Å². The van der Waals surface area contributed by atoms with Crippen LogP contribution in [0.5, 0.6) is 0 Å². The average Bonchev–Trinajstić information content (AvgIpc) is 2.75. The summed E-state index contributed by atoms with van der Waals surface area (Å²) in [6, 6.07) is 3.95. The minimum absolute atomic E-state index is 0.710. The molecule has 4 heteroatoms. The number of rotatable bonds is 4. The van der Waals surface area contributed by atoms with Crippen LogP contribution in [0.2, 0.25) is 0 Å². The van der Waals surface area contributed by atoms with E-state index in [2.05, 4.69) is 28.8 Å². The number of allylic oxidation sites excluding steroid dienone is 3. The number of aliphatic imine (C=N–C) groups is 1. The molecular formula is C17H20ClN3. The summed E-state index contributed by atoms with van der Waals surface area (Å²) in [5, 5.41) is 4.04. The van der Waals surface area contributed by atoms with Crippen molar-refractivity contribution in [3.63, 3.8) is 0 Å². The first kappa shape index (κ1) is 15.5. The molecule has 0 unspecified atom stereocenters. The van der Waals surface area contributed by atoms with Crippen LogP contribution in [-0.2, 0) is 6.42 Å². The predicted molar refractivity (Wildman–Crippen MR) is 89.2 cm³/mol. The molecule has 0 aromatic carbocycles. The van der Waals surface area contributed by atoms with E-state index in [9.17, 15) is 0 Å². The Hall–Kier alpha value is -1.87. The van der Waals surface area contributed by atoms with Crippen LogP contribution >= 0.6 is 11.6 Å². The lowest BCUT2D eigenvalue weighted by Crippen LogP contribution is -2.24. The molecule has 0 atom stereocenters. The molecule has 0 fully saturated rings. The fourth-order valence-corrected chi connectivity index (χ4v) is 2.68. The lowest BCUT2D eigenvalue weighted by molar-refractivity contribution is 0.997. The van der Waals surface area contributed by atoms with E-state index in [4.69, 9.17) is 11.6 Å². The monoisotopic (exact) mass is 301 g/mol. The first-order chi connectivity index (χ1) is 10.0. The number of aromatic nitrogens is 1. The van der Waals surface area contributed by atoms with Gasteiger partial charge in [0.2, 0.25) is 0 Å². The minimum atomic E-state index is 0.710. The van der Waals surface area contributed by atoms with E-state index in [0.29, 0.717) is 6.42 Å². The summed E-state index contributed by atoms with van der Waals surface area (Å²) in [6.45, 7) is 10.2.